The number of benzene rings is 4. The van der Waals surface area contributed by atoms with Crippen molar-refractivity contribution in [2.75, 3.05) is 30.5 Å². The summed E-state index contributed by atoms with van der Waals surface area (Å²) in [5.41, 5.74) is 0.964. The van der Waals surface area contributed by atoms with Gasteiger partial charge in [-0.15, -0.1) is 0 Å². The average molecular weight is 531 g/mol. The molecule has 0 amide bonds. The van der Waals surface area contributed by atoms with E-state index in [1.165, 1.54) is 24.3 Å². The van der Waals surface area contributed by atoms with Crippen LogP contribution in [-0.2, 0) is 10.0 Å². The molecule has 1 aliphatic heterocycles. The minimum atomic E-state index is -4.02. The predicted molar refractivity (Wildman–Crippen MR) is 145 cm³/mol. The molecule has 6 rings (SSSR count). The van der Waals surface area contributed by atoms with Gasteiger partial charge in [-0.25, -0.2) is 8.42 Å². The maximum absolute atomic E-state index is 13.4. The van der Waals surface area contributed by atoms with Crippen LogP contribution in [0.5, 0.6) is 17.2 Å². The van der Waals surface area contributed by atoms with Crippen LogP contribution >= 0.6 is 0 Å². The lowest BCUT2D eigenvalue weighted by Gasteiger charge is -2.17. The summed E-state index contributed by atoms with van der Waals surface area (Å²) in [4.78, 5) is 15.1. The quantitative estimate of drug-likeness (QED) is 0.329. The SMILES string of the molecule is CN(C)c1cccc2c(S(=O)(=O)Nc3ccc4oc(-c5ccc6c(c5)OCO6)c(O)c(=O)c4c3)cccc12. The van der Waals surface area contributed by atoms with Crippen molar-refractivity contribution in [2.24, 2.45) is 0 Å². The zero-order chi connectivity index (χ0) is 26.6. The van der Waals surface area contributed by atoms with E-state index in [4.69, 9.17) is 13.9 Å². The van der Waals surface area contributed by atoms with E-state index < -0.39 is 21.2 Å². The fourth-order valence-electron chi connectivity index (χ4n) is 4.58. The van der Waals surface area contributed by atoms with Crippen molar-refractivity contribution in [1.82, 2.24) is 0 Å². The van der Waals surface area contributed by atoms with Gasteiger partial charge in [0.1, 0.15) is 5.58 Å². The molecule has 9 nitrogen and oxygen atoms in total. The highest BCUT2D eigenvalue weighted by molar-refractivity contribution is 7.93. The van der Waals surface area contributed by atoms with Crippen LogP contribution in [0.25, 0.3) is 33.1 Å². The normalized spacial score (nSPS) is 12.7. The first kappa shape index (κ1) is 23.7. The van der Waals surface area contributed by atoms with Crippen molar-refractivity contribution in [3.8, 4) is 28.6 Å². The van der Waals surface area contributed by atoms with Crippen LogP contribution in [0, 0.1) is 0 Å². The molecule has 1 aliphatic rings. The van der Waals surface area contributed by atoms with E-state index in [9.17, 15) is 18.3 Å². The standard InChI is InChI=1S/C28H22N2O7S/c1-30(2)21-7-3-6-19-18(21)5-4-8-25(19)38(33,34)29-17-10-12-22-20(14-17)26(31)27(32)28(37-22)16-9-11-23-24(13-16)36-15-35-23/h3-14,29,32H,15H2,1-2H3. The van der Waals surface area contributed by atoms with Crippen LogP contribution in [0.3, 0.4) is 0 Å². The summed E-state index contributed by atoms with van der Waals surface area (Å²) in [6.45, 7) is 0.0840. The van der Waals surface area contributed by atoms with Gasteiger partial charge in [0.05, 0.1) is 10.3 Å². The number of fused-ring (bicyclic) bond motifs is 3. The Labute approximate surface area is 217 Å². The lowest BCUT2D eigenvalue weighted by molar-refractivity contribution is 0.174. The third-order valence-electron chi connectivity index (χ3n) is 6.38. The van der Waals surface area contributed by atoms with Gasteiger partial charge in [0.25, 0.3) is 10.0 Å². The minimum Gasteiger partial charge on any atom is -0.502 e. The second-order valence-corrected chi connectivity index (χ2v) is 10.7. The Morgan fingerprint density at radius 3 is 2.45 bits per heavy atom. The number of sulfonamides is 1. The molecule has 192 valence electrons. The van der Waals surface area contributed by atoms with Crippen molar-refractivity contribution in [2.45, 2.75) is 4.90 Å². The molecule has 2 heterocycles. The lowest BCUT2D eigenvalue weighted by Crippen LogP contribution is -2.14. The smallest absolute Gasteiger partial charge is 0.262 e. The van der Waals surface area contributed by atoms with E-state index in [1.807, 2.05) is 31.1 Å². The van der Waals surface area contributed by atoms with Crippen molar-refractivity contribution >= 4 is 43.1 Å². The Kier molecular flexibility index (Phi) is 5.42. The molecule has 0 spiro atoms. The number of hydrogen-bond acceptors (Lipinski definition) is 8. The molecule has 38 heavy (non-hydrogen) atoms. The largest absolute Gasteiger partial charge is 0.502 e. The van der Waals surface area contributed by atoms with Crippen LogP contribution in [0.15, 0.2) is 86.9 Å². The van der Waals surface area contributed by atoms with E-state index in [0.29, 0.717) is 22.4 Å². The van der Waals surface area contributed by atoms with E-state index >= 15 is 0 Å². The summed E-state index contributed by atoms with van der Waals surface area (Å²) < 4.78 is 45.9. The molecule has 2 N–H and O–H groups in total. The number of hydrogen-bond donors (Lipinski definition) is 2. The highest BCUT2D eigenvalue weighted by Gasteiger charge is 2.22. The van der Waals surface area contributed by atoms with Gasteiger partial charge in [0, 0.05) is 41.8 Å². The Morgan fingerprint density at radius 2 is 1.63 bits per heavy atom. The fraction of sp³-hybridized carbons (Fsp3) is 0.107. The van der Waals surface area contributed by atoms with Gasteiger partial charge < -0.3 is 23.9 Å². The number of ether oxygens (including phenoxy) is 2. The first-order valence-corrected chi connectivity index (χ1v) is 13.1. The maximum Gasteiger partial charge on any atom is 0.262 e. The molecule has 0 saturated heterocycles. The molecule has 0 radical (unpaired) electrons. The molecule has 0 fully saturated rings. The summed E-state index contributed by atoms with van der Waals surface area (Å²) in [7, 11) is -0.238. The summed E-state index contributed by atoms with van der Waals surface area (Å²) in [5.74, 6) is 0.404. The summed E-state index contributed by atoms with van der Waals surface area (Å²) in [6, 6.07) is 19.8. The number of anilines is 2. The van der Waals surface area contributed by atoms with Gasteiger partial charge >= 0.3 is 0 Å². The van der Waals surface area contributed by atoms with Crippen molar-refractivity contribution in [3.63, 3.8) is 0 Å². The molecule has 4 aromatic carbocycles. The topological polar surface area (TPSA) is 118 Å². The van der Waals surface area contributed by atoms with Crippen molar-refractivity contribution in [3.05, 3.63) is 83.0 Å². The number of aromatic hydroxyl groups is 1. The van der Waals surface area contributed by atoms with Crippen LogP contribution in [-0.4, -0.2) is 34.4 Å². The molecule has 0 bridgehead atoms. The highest BCUT2D eigenvalue weighted by Crippen LogP contribution is 2.39. The Bertz CT molecular complexity index is 1910. The molecule has 0 saturated carbocycles. The van der Waals surface area contributed by atoms with Gasteiger partial charge in [0.15, 0.2) is 17.3 Å². The lowest BCUT2D eigenvalue weighted by atomic mass is 10.1. The van der Waals surface area contributed by atoms with Gasteiger partial charge in [-0.1, -0.05) is 24.3 Å². The third kappa shape index (κ3) is 3.86. The van der Waals surface area contributed by atoms with E-state index in [1.54, 1.807) is 36.4 Å². The zero-order valence-electron chi connectivity index (χ0n) is 20.4. The van der Waals surface area contributed by atoms with Crippen LogP contribution < -0.4 is 24.5 Å². The monoisotopic (exact) mass is 530 g/mol. The Morgan fingerprint density at radius 1 is 0.868 bits per heavy atom. The van der Waals surface area contributed by atoms with Gasteiger partial charge in [-0.3, -0.25) is 9.52 Å². The van der Waals surface area contributed by atoms with Crippen molar-refractivity contribution < 1.29 is 27.4 Å². The molecule has 0 unspecified atom stereocenters. The van der Waals surface area contributed by atoms with E-state index in [-0.39, 0.29) is 34.1 Å². The third-order valence-corrected chi connectivity index (χ3v) is 7.82. The first-order chi connectivity index (χ1) is 18.2. The number of nitrogens with one attached hydrogen (secondary N) is 1. The van der Waals surface area contributed by atoms with E-state index in [0.717, 1.165) is 11.1 Å². The molecule has 0 aliphatic carbocycles. The van der Waals surface area contributed by atoms with E-state index in [2.05, 4.69) is 4.72 Å². The van der Waals surface area contributed by atoms with Gasteiger partial charge in [-0.2, -0.15) is 0 Å². The molecular weight excluding hydrogens is 508 g/mol. The number of nitrogens with zero attached hydrogens (tertiary/aromatic N) is 1. The first-order valence-electron chi connectivity index (χ1n) is 11.6. The second kappa shape index (κ2) is 8.70. The summed E-state index contributed by atoms with van der Waals surface area (Å²) in [6.07, 6.45) is 0. The molecule has 0 atom stereocenters. The Hall–Kier alpha value is -4.70. The fourth-order valence-corrected chi connectivity index (χ4v) is 5.85. The highest BCUT2D eigenvalue weighted by atomic mass is 32.2. The molecule has 5 aromatic rings. The van der Waals surface area contributed by atoms with Gasteiger partial charge in [-0.05, 0) is 48.5 Å². The average Bonchev–Trinajstić information content (AvgIpc) is 3.38. The van der Waals surface area contributed by atoms with Gasteiger partial charge in [0.2, 0.25) is 18.0 Å². The molecular formula is C28H22N2O7S. The van der Waals surface area contributed by atoms with Crippen LogP contribution in [0.4, 0.5) is 11.4 Å². The Balaban J connectivity index is 1.39. The zero-order valence-corrected chi connectivity index (χ0v) is 21.2. The summed E-state index contributed by atoms with van der Waals surface area (Å²) in [5, 5.41) is 12.1. The van der Waals surface area contributed by atoms with Crippen LogP contribution in [0.2, 0.25) is 0 Å². The van der Waals surface area contributed by atoms with Crippen LogP contribution in [0.1, 0.15) is 0 Å². The summed E-state index contributed by atoms with van der Waals surface area (Å²) >= 11 is 0. The van der Waals surface area contributed by atoms with Crippen molar-refractivity contribution in [1.29, 1.82) is 0 Å². The second-order valence-electron chi connectivity index (χ2n) is 9.02. The minimum absolute atomic E-state index is 0.0263. The number of rotatable bonds is 5. The predicted octanol–water partition coefficient (Wildman–Crippen LogP) is 4.91. The maximum atomic E-state index is 13.4. The molecule has 10 heteroatoms. The molecule has 1 aromatic heterocycles.